The van der Waals surface area contributed by atoms with Gasteiger partial charge in [0.05, 0.1) is 11.2 Å². The highest BCUT2D eigenvalue weighted by Gasteiger charge is 2.26. The molecule has 0 saturated heterocycles. The van der Waals surface area contributed by atoms with Crippen molar-refractivity contribution in [3.05, 3.63) is 100 Å². The van der Waals surface area contributed by atoms with E-state index in [1.807, 2.05) is 0 Å². The molecule has 0 spiro atoms. The van der Waals surface area contributed by atoms with Crippen molar-refractivity contribution < 1.29 is 23.7 Å². The van der Waals surface area contributed by atoms with Crippen LogP contribution in [0.1, 0.15) is 23.0 Å². The fraction of sp³-hybridized carbons (Fsp3) is 0.0909. The van der Waals surface area contributed by atoms with Crippen LogP contribution in [-0.4, -0.2) is 16.8 Å². The van der Waals surface area contributed by atoms with Crippen molar-refractivity contribution in [3.8, 4) is 0 Å². The number of nitrogens with zero attached hydrogens (tertiary/aromatic N) is 1. The molecule has 0 aliphatic heterocycles. The number of nitrogens with one attached hydrogen (secondary N) is 1. The predicted molar refractivity (Wildman–Crippen MR) is 109 cm³/mol. The topological polar surface area (TPSA) is 112 Å². The maximum atomic E-state index is 12.9. The third-order valence-electron chi connectivity index (χ3n) is 4.11. The predicted octanol–water partition coefficient (Wildman–Crippen LogP) is 4.43. The number of carbonyl (C=O) groups excluding carboxylic acids is 2. The summed E-state index contributed by atoms with van der Waals surface area (Å²) in [6, 6.07) is 16.1. The minimum absolute atomic E-state index is 0.0127. The van der Waals surface area contributed by atoms with Gasteiger partial charge in [-0.3, -0.25) is 14.9 Å². The Balaban J connectivity index is 1.83. The zero-order valence-electron chi connectivity index (χ0n) is 16.0. The Labute approximate surface area is 171 Å². The third kappa shape index (κ3) is 5.20. The molecule has 8 heteroatoms. The van der Waals surface area contributed by atoms with E-state index in [2.05, 4.69) is 5.32 Å². The smallest absolute Gasteiger partial charge is 0.332 e. The summed E-state index contributed by atoms with van der Waals surface area (Å²) in [6.07, 6.45) is 2.70. The largest absolute Gasteiger partial charge is 0.465 e. The summed E-state index contributed by atoms with van der Waals surface area (Å²) >= 11 is 0. The molecule has 3 rings (SSSR count). The summed E-state index contributed by atoms with van der Waals surface area (Å²) in [4.78, 5) is 35.9. The Morgan fingerprint density at radius 1 is 1.13 bits per heavy atom. The number of esters is 1. The van der Waals surface area contributed by atoms with Gasteiger partial charge in [-0.1, -0.05) is 36.4 Å². The van der Waals surface area contributed by atoms with Crippen LogP contribution in [0.4, 0.5) is 11.4 Å². The summed E-state index contributed by atoms with van der Waals surface area (Å²) in [7, 11) is 0. The van der Waals surface area contributed by atoms with Crippen molar-refractivity contribution in [1.29, 1.82) is 0 Å². The van der Waals surface area contributed by atoms with E-state index < -0.39 is 22.9 Å². The van der Waals surface area contributed by atoms with Crippen LogP contribution in [0.15, 0.2) is 77.4 Å². The third-order valence-corrected chi connectivity index (χ3v) is 4.11. The maximum absolute atomic E-state index is 12.9. The Kier molecular flexibility index (Phi) is 6.39. The SMILES string of the molecule is Cc1ccc(NC(=O)[C@@H](OC(=O)/C=C/c2ccco2)c2ccccc2)c([N+](=O)[O-])c1. The van der Waals surface area contributed by atoms with E-state index >= 15 is 0 Å². The van der Waals surface area contributed by atoms with Crippen molar-refractivity contribution >= 4 is 29.3 Å². The fourth-order valence-corrected chi connectivity index (χ4v) is 2.69. The molecule has 0 radical (unpaired) electrons. The number of nitro benzene ring substituents is 1. The first-order valence-corrected chi connectivity index (χ1v) is 8.97. The van der Waals surface area contributed by atoms with Gasteiger partial charge in [-0.05, 0) is 36.8 Å². The van der Waals surface area contributed by atoms with E-state index in [1.54, 1.807) is 55.5 Å². The van der Waals surface area contributed by atoms with Crippen molar-refractivity contribution in [2.75, 3.05) is 5.32 Å². The number of rotatable bonds is 7. The fourth-order valence-electron chi connectivity index (χ4n) is 2.69. The van der Waals surface area contributed by atoms with E-state index in [4.69, 9.17) is 9.15 Å². The first-order valence-electron chi connectivity index (χ1n) is 8.97. The average Bonchev–Trinajstić information content (AvgIpc) is 3.26. The highest BCUT2D eigenvalue weighted by Crippen LogP contribution is 2.27. The number of amides is 1. The van der Waals surface area contributed by atoms with Gasteiger partial charge in [-0.25, -0.2) is 4.79 Å². The monoisotopic (exact) mass is 406 g/mol. The van der Waals surface area contributed by atoms with Gasteiger partial charge in [0.25, 0.3) is 11.6 Å². The summed E-state index contributed by atoms with van der Waals surface area (Å²) in [5.74, 6) is -1.04. The summed E-state index contributed by atoms with van der Waals surface area (Å²) in [6.45, 7) is 1.71. The lowest BCUT2D eigenvalue weighted by Gasteiger charge is -2.17. The molecule has 0 aliphatic carbocycles. The molecule has 2 aromatic carbocycles. The van der Waals surface area contributed by atoms with Crippen LogP contribution < -0.4 is 5.32 Å². The van der Waals surface area contributed by atoms with Gasteiger partial charge in [0, 0.05) is 17.7 Å². The molecule has 0 aliphatic rings. The standard InChI is InChI=1S/C22H18N2O6/c1-15-9-11-18(19(14-15)24(27)28)23-22(26)21(16-6-3-2-4-7-16)30-20(25)12-10-17-8-5-13-29-17/h2-14,21H,1H3,(H,23,26)/b12-10+/t21-/m0/s1. The number of carbonyl (C=O) groups is 2. The second-order valence-corrected chi connectivity index (χ2v) is 6.34. The van der Waals surface area contributed by atoms with Crippen LogP contribution >= 0.6 is 0 Å². The van der Waals surface area contributed by atoms with Crippen LogP contribution in [0.25, 0.3) is 6.08 Å². The van der Waals surface area contributed by atoms with Crippen LogP contribution in [0.5, 0.6) is 0 Å². The minimum Gasteiger partial charge on any atom is -0.465 e. The molecular formula is C22H18N2O6. The number of anilines is 1. The Bertz CT molecular complexity index is 1070. The zero-order chi connectivity index (χ0) is 21.5. The number of hydrogen-bond donors (Lipinski definition) is 1. The van der Waals surface area contributed by atoms with E-state index in [0.29, 0.717) is 16.9 Å². The van der Waals surface area contributed by atoms with Crippen molar-refractivity contribution in [1.82, 2.24) is 0 Å². The highest BCUT2D eigenvalue weighted by molar-refractivity contribution is 5.98. The molecule has 0 bridgehead atoms. The number of aryl methyl sites for hydroxylation is 1. The normalized spacial score (nSPS) is 11.8. The Hall–Kier alpha value is -4.20. The van der Waals surface area contributed by atoms with Gasteiger partial charge in [0.2, 0.25) is 6.10 Å². The molecular weight excluding hydrogens is 388 g/mol. The number of benzene rings is 2. The highest BCUT2D eigenvalue weighted by atomic mass is 16.6. The van der Waals surface area contributed by atoms with Gasteiger partial charge < -0.3 is 14.5 Å². The molecule has 3 aromatic rings. The lowest BCUT2D eigenvalue weighted by Crippen LogP contribution is -2.25. The van der Waals surface area contributed by atoms with E-state index in [1.165, 1.54) is 24.5 Å². The van der Waals surface area contributed by atoms with E-state index in [0.717, 1.165) is 6.08 Å². The van der Waals surface area contributed by atoms with Gasteiger partial charge in [-0.15, -0.1) is 0 Å². The van der Waals surface area contributed by atoms with Gasteiger partial charge >= 0.3 is 5.97 Å². The zero-order valence-corrected chi connectivity index (χ0v) is 16.0. The summed E-state index contributed by atoms with van der Waals surface area (Å²) in [5, 5.41) is 13.8. The Morgan fingerprint density at radius 3 is 2.57 bits per heavy atom. The van der Waals surface area contributed by atoms with Gasteiger partial charge in [-0.2, -0.15) is 0 Å². The van der Waals surface area contributed by atoms with Crippen LogP contribution in [-0.2, 0) is 14.3 Å². The van der Waals surface area contributed by atoms with Crippen LogP contribution in [0, 0.1) is 17.0 Å². The van der Waals surface area contributed by atoms with Crippen molar-refractivity contribution in [2.45, 2.75) is 13.0 Å². The molecule has 152 valence electrons. The van der Waals surface area contributed by atoms with E-state index in [9.17, 15) is 19.7 Å². The molecule has 1 aromatic heterocycles. The second-order valence-electron chi connectivity index (χ2n) is 6.34. The van der Waals surface area contributed by atoms with Crippen LogP contribution in [0.2, 0.25) is 0 Å². The second kappa shape index (κ2) is 9.33. The summed E-state index contributed by atoms with van der Waals surface area (Å²) < 4.78 is 10.5. The molecule has 0 fully saturated rings. The van der Waals surface area contributed by atoms with Crippen molar-refractivity contribution in [2.24, 2.45) is 0 Å². The van der Waals surface area contributed by atoms with Crippen LogP contribution in [0.3, 0.4) is 0 Å². The quantitative estimate of drug-likeness (QED) is 0.269. The lowest BCUT2D eigenvalue weighted by molar-refractivity contribution is -0.384. The van der Waals surface area contributed by atoms with Gasteiger partial charge in [0.1, 0.15) is 11.4 Å². The Morgan fingerprint density at radius 2 is 1.90 bits per heavy atom. The minimum atomic E-state index is -1.30. The molecule has 0 saturated carbocycles. The first kappa shape index (κ1) is 20.5. The van der Waals surface area contributed by atoms with Crippen molar-refractivity contribution in [3.63, 3.8) is 0 Å². The molecule has 1 atom stereocenters. The van der Waals surface area contributed by atoms with E-state index in [-0.39, 0.29) is 11.4 Å². The molecule has 1 heterocycles. The first-order chi connectivity index (χ1) is 14.4. The maximum Gasteiger partial charge on any atom is 0.332 e. The number of ether oxygens (including phenoxy) is 1. The number of hydrogen-bond acceptors (Lipinski definition) is 6. The molecule has 30 heavy (non-hydrogen) atoms. The average molecular weight is 406 g/mol. The molecule has 1 amide bonds. The summed E-state index contributed by atoms with van der Waals surface area (Å²) in [5.41, 5.74) is 0.858. The lowest BCUT2D eigenvalue weighted by atomic mass is 10.1. The van der Waals surface area contributed by atoms with Gasteiger partial charge in [0.15, 0.2) is 0 Å². The number of furan rings is 1. The molecule has 0 unspecified atom stereocenters. The molecule has 8 nitrogen and oxygen atoms in total. The molecule has 1 N–H and O–H groups in total. The number of nitro groups is 1.